The Hall–Kier alpha value is -0.140. The van der Waals surface area contributed by atoms with Crippen molar-refractivity contribution in [1.82, 2.24) is 4.90 Å². The Morgan fingerprint density at radius 1 is 1.33 bits per heavy atom. The summed E-state index contributed by atoms with van der Waals surface area (Å²) in [6, 6.07) is 5.57. The molecule has 0 saturated carbocycles. The van der Waals surface area contributed by atoms with Crippen LogP contribution in [0.3, 0.4) is 0 Å². The Labute approximate surface area is 139 Å². The van der Waals surface area contributed by atoms with Crippen molar-refractivity contribution in [3.05, 3.63) is 33.3 Å². The van der Waals surface area contributed by atoms with Crippen molar-refractivity contribution in [2.75, 3.05) is 31.1 Å². The van der Waals surface area contributed by atoms with Crippen molar-refractivity contribution in [2.24, 2.45) is 5.73 Å². The number of nitrogens with zero attached hydrogens (tertiary/aromatic N) is 1. The van der Waals surface area contributed by atoms with E-state index in [1.54, 1.807) is 0 Å². The average molecular weight is 396 g/mol. The second kappa shape index (κ2) is 7.42. The minimum absolute atomic E-state index is 0.134. The van der Waals surface area contributed by atoms with E-state index in [1.165, 1.54) is 0 Å². The van der Waals surface area contributed by atoms with Gasteiger partial charge in [-0.2, -0.15) is 0 Å². The SMILES string of the molecule is NC(CCN1CCCS(=O)(=O)CC1)c1ccc(Br)cc1Cl. The molecule has 2 N–H and O–H groups in total. The topological polar surface area (TPSA) is 63.4 Å². The van der Waals surface area contributed by atoms with Gasteiger partial charge in [0.05, 0.1) is 11.5 Å². The number of hydrogen-bond acceptors (Lipinski definition) is 4. The first-order chi connectivity index (χ1) is 9.87. The molecule has 118 valence electrons. The molecule has 2 rings (SSSR count). The number of halogens is 2. The highest BCUT2D eigenvalue weighted by Gasteiger charge is 2.20. The number of sulfone groups is 1. The predicted molar refractivity (Wildman–Crippen MR) is 90.4 cm³/mol. The molecule has 21 heavy (non-hydrogen) atoms. The van der Waals surface area contributed by atoms with Crippen LogP contribution in [0.15, 0.2) is 22.7 Å². The van der Waals surface area contributed by atoms with Crippen molar-refractivity contribution < 1.29 is 8.42 Å². The summed E-state index contributed by atoms with van der Waals surface area (Å²) < 4.78 is 24.1. The fourth-order valence-corrected chi connectivity index (χ4v) is 4.62. The molecular formula is C14H20BrClN2O2S. The summed E-state index contributed by atoms with van der Waals surface area (Å²) in [5.74, 6) is 0.551. The molecule has 0 spiro atoms. The largest absolute Gasteiger partial charge is 0.324 e. The van der Waals surface area contributed by atoms with Crippen LogP contribution in [-0.4, -0.2) is 44.5 Å². The van der Waals surface area contributed by atoms with Crippen LogP contribution >= 0.6 is 27.5 Å². The first kappa shape index (κ1) is 17.2. The molecule has 0 aliphatic carbocycles. The molecule has 1 saturated heterocycles. The molecule has 0 bridgehead atoms. The van der Waals surface area contributed by atoms with E-state index in [9.17, 15) is 8.42 Å². The van der Waals surface area contributed by atoms with Crippen LogP contribution in [0, 0.1) is 0 Å². The quantitative estimate of drug-likeness (QED) is 0.851. The fourth-order valence-electron chi connectivity index (χ4n) is 2.49. The van der Waals surface area contributed by atoms with E-state index < -0.39 is 9.84 Å². The highest BCUT2D eigenvalue weighted by Crippen LogP contribution is 2.27. The lowest BCUT2D eigenvalue weighted by molar-refractivity contribution is 0.283. The average Bonchev–Trinajstić information content (AvgIpc) is 2.57. The molecule has 1 aliphatic heterocycles. The molecule has 7 heteroatoms. The van der Waals surface area contributed by atoms with Crippen molar-refractivity contribution >= 4 is 37.4 Å². The van der Waals surface area contributed by atoms with E-state index in [1.807, 2.05) is 18.2 Å². The second-order valence-electron chi connectivity index (χ2n) is 5.41. The Kier molecular flexibility index (Phi) is 6.08. The monoisotopic (exact) mass is 394 g/mol. The Bertz CT molecular complexity index is 595. The maximum Gasteiger partial charge on any atom is 0.151 e. The van der Waals surface area contributed by atoms with Crippen LogP contribution in [-0.2, 0) is 9.84 Å². The molecule has 1 aliphatic rings. The molecule has 1 heterocycles. The third-order valence-corrected chi connectivity index (χ3v) is 6.30. The lowest BCUT2D eigenvalue weighted by Crippen LogP contribution is -2.30. The second-order valence-corrected chi connectivity index (χ2v) is 9.03. The Balaban J connectivity index is 1.90. The van der Waals surface area contributed by atoms with Gasteiger partial charge in [-0.05, 0) is 43.6 Å². The van der Waals surface area contributed by atoms with Gasteiger partial charge in [-0.15, -0.1) is 0 Å². The number of benzene rings is 1. The van der Waals surface area contributed by atoms with Gasteiger partial charge < -0.3 is 10.6 Å². The highest BCUT2D eigenvalue weighted by molar-refractivity contribution is 9.10. The first-order valence-corrected chi connectivity index (χ1v) is 10.00. The molecule has 4 nitrogen and oxygen atoms in total. The highest BCUT2D eigenvalue weighted by atomic mass is 79.9. The molecule has 0 amide bonds. The first-order valence-electron chi connectivity index (χ1n) is 7.01. The molecule has 0 aromatic heterocycles. The zero-order valence-corrected chi connectivity index (χ0v) is 14.9. The molecular weight excluding hydrogens is 376 g/mol. The maximum absolute atomic E-state index is 11.6. The van der Waals surface area contributed by atoms with Gasteiger partial charge in [0, 0.05) is 22.1 Å². The van der Waals surface area contributed by atoms with Gasteiger partial charge in [0.15, 0.2) is 9.84 Å². The van der Waals surface area contributed by atoms with E-state index in [0.29, 0.717) is 23.7 Å². The predicted octanol–water partition coefficient (Wildman–Crippen LogP) is 2.61. The smallest absolute Gasteiger partial charge is 0.151 e. The maximum atomic E-state index is 11.6. The van der Waals surface area contributed by atoms with Crippen LogP contribution in [0.4, 0.5) is 0 Å². The molecule has 1 unspecified atom stereocenters. The fraction of sp³-hybridized carbons (Fsp3) is 0.571. The van der Waals surface area contributed by atoms with E-state index in [4.69, 9.17) is 17.3 Å². The Morgan fingerprint density at radius 3 is 2.81 bits per heavy atom. The van der Waals surface area contributed by atoms with Crippen molar-refractivity contribution in [3.8, 4) is 0 Å². The third-order valence-electron chi connectivity index (χ3n) is 3.77. The van der Waals surface area contributed by atoms with Gasteiger partial charge >= 0.3 is 0 Å². The molecule has 1 aromatic carbocycles. The van der Waals surface area contributed by atoms with Gasteiger partial charge in [-0.25, -0.2) is 8.42 Å². The molecule has 1 fully saturated rings. The third kappa shape index (κ3) is 5.21. The van der Waals surface area contributed by atoms with Crippen LogP contribution < -0.4 is 5.73 Å². The minimum atomic E-state index is -2.85. The minimum Gasteiger partial charge on any atom is -0.324 e. The molecule has 1 atom stereocenters. The summed E-state index contributed by atoms with van der Waals surface area (Å²) in [7, 11) is -2.85. The molecule has 0 radical (unpaired) electrons. The van der Waals surface area contributed by atoms with Gasteiger partial charge in [0.2, 0.25) is 0 Å². The summed E-state index contributed by atoms with van der Waals surface area (Å²) in [6.45, 7) is 2.21. The Morgan fingerprint density at radius 2 is 2.10 bits per heavy atom. The number of nitrogens with two attached hydrogens (primary N) is 1. The summed E-state index contributed by atoms with van der Waals surface area (Å²) in [4.78, 5) is 2.18. The van der Waals surface area contributed by atoms with Crippen LogP contribution in [0.1, 0.15) is 24.4 Å². The summed E-state index contributed by atoms with van der Waals surface area (Å²) in [5.41, 5.74) is 7.14. The normalized spacial score (nSPS) is 20.9. The van der Waals surface area contributed by atoms with Crippen molar-refractivity contribution in [1.29, 1.82) is 0 Å². The van der Waals surface area contributed by atoms with Crippen molar-refractivity contribution in [3.63, 3.8) is 0 Å². The van der Waals surface area contributed by atoms with Crippen LogP contribution in [0.25, 0.3) is 0 Å². The van der Waals surface area contributed by atoms with E-state index in [2.05, 4.69) is 20.8 Å². The van der Waals surface area contributed by atoms with Gasteiger partial charge in [0.1, 0.15) is 0 Å². The standard InChI is InChI=1S/C14H20BrClN2O2S/c15-11-2-3-12(13(16)10-11)14(17)4-6-18-5-1-8-21(19,20)9-7-18/h2-3,10,14H,1,4-9,17H2. The lowest BCUT2D eigenvalue weighted by Gasteiger charge is -2.22. The number of hydrogen-bond donors (Lipinski definition) is 1. The summed E-state index contributed by atoms with van der Waals surface area (Å²) in [5, 5.41) is 0.662. The van der Waals surface area contributed by atoms with Crippen molar-refractivity contribution in [2.45, 2.75) is 18.9 Å². The van der Waals surface area contributed by atoms with Crippen LogP contribution in [0.5, 0.6) is 0 Å². The van der Waals surface area contributed by atoms with E-state index in [-0.39, 0.29) is 11.8 Å². The summed E-state index contributed by atoms with van der Waals surface area (Å²) >= 11 is 9.58. The van der Waals surface area contributed by atoms with Gasteiger partial charge in [0.25, 0.3) is 0 Å². The van der Waals surface area contributed by atoms with Gasteiger partial charge in [-0.1, -0.05) is 33.6 Å². The zero-order chi connectivity index (χ0) is 15.5. The number of rotatable bonds is 4. The van der Waals surface area contributed by atoms with E-state index >= 15 is 0 Å². The lowest BCUT2D eigenvalue weighted by atomic mass is 10.0. The molecule has 1 aromatic rings. The van der Waals surface area contributed by atoms with Gasteiger partial charge in [-0.3, -0.25) is 0 Å². The summed E-state index contributed by atoms with van der Waals surface area (Å²) in [6.07, 6.45) is 1.47. The van der Waals surface area contributed by atoms with E-state index in [0.717, 1.165) is 29.5 Å². The van der Waals surface area contributed by atoms with Crippen LogP contribution in [0.2, 0.25) is 5.02 Å². The zero-order valence-electron chi connectivity index (χ0n) is 11.8.